The lowest BCUT2D eigenvalue weighted by Crippen LogP contribution is -2.00. The van der Waals surface area contributed by atoms with Gasteiger partial charge in [0, 0.05) is 40.7 Å². The summed E-state index contributed by atoms with van der Waals surface area (Å²) in [4.78, 5) is 19.3. The van der Waals surface area contributed by atoms with Gasteiger partial charge in [-0.2, -0.15) is 0 Å². The summed E-state index contributed by atoms with van der Waals surface area (Å²) >= 11 is 0. The first-order valence-corrected chi connectivity index (χ1v) is 16.3. The molecule has 0 aliphatic rings. The number of fused-ring (bicyclic) bond motifs is 6. The summed E-state index contributed by atoms with van der Waals surface area (Å²) in [6.45, 7) is 0. The SMILES string of the molecule is Oc1ccccc1-c1nc2c(-c3cccc(-c4cccc5c4oc4c5cnc5nccn54)n3)cccc2n1-c1ccccc1-c1ccccc1. The van der Waals surface area contributed by atoms with Crippen molar-refractivity contribution in [3.8, 4) is 56.5 Å². The molecule has 0 saturated heterocycles. The van der Waals surface area contributed by atoms with Crippen molar-refractivity contribution in [3.05, 3.63) is 152 Å². The van der Waals surface area contributed by atoms with Crippen molar-refractivity contribution < 1.29 is 9.52 Å². The Bertz CT molecular complexity index is 2900. The van der Waals surface area contributed by atoms with Crippen molar-refractivity contribution in [2.45, 2.75) is 0 Å². The highest BCUT2D eigenvalue weighted by Gasteiger charge is 2.22. The maximum atomic E-state index is 11.1. The van der Waals surface area contributed by atoms with E-state index in [4.69, 9.17) is 14.4 Å². The predicted octanol–water partition coefficient (Wildman–Crippen LogP) is 9.74. The molecule has 0 amide bonds. The quantitative estimate of drug-likeness (QED) is 0.200. The first-order valence-electron chi connectivity index (χ1n) is 16.3. The molecule has 10 rings (SSSR count). The maximum absolute atomic E-state index is 11.1. The third kappa shape index (κ3) is 4.25. The third-order valence-electron chi connectivity index (χ3n) is 9.24. The molecule has 8 heteroatoms. The lowest BCUT2D eigenvalue weighted by atomic mass is 10.0. The van der Waals surface area contributed by atoms with Gasteiger partial charge in [-0.3, -0.25) is 8.97 Å². The smallest absolute Gasteiger partial charge is 0.236 e. The molecule has 0 aliphatic heterocycles. The van der Waals surface area contributed by atoms with Crippen LogP contribution in [0.1, 0.15) is 0 Å². The van der Waals surface area contributed by atoms with Crippen LogP contribution >= 0.6 is 0 Å². The zero-order valence-electron chi connectivity index (χ0n) is 26.5. The lowest BCUT2D eigenvalue weighted by Gasteiger charge is -2.15. The first kappa shape index (κ1) is 28.0. The molecule has 0 saturated carbocycles. The average Bonchev–Trinajstić information content (AvgIpc) is 3.91. The van der Waals surface area contributed by atoms with Crippen LogP contribution in [0.15, 0.2) is 156 Å². The van der Waals surface area contributed by atoms with E-state index in [2.05, 4.69) is 44.9 Å². The van der Waals surface area contributed by atoms with E-state index >= 15 is 0 Å². The van der Waals surface area contributed by atoms with Crippen LogP contribution in [-0.2, 0) is 0 Å². The molecule has 0 bridgehead atoms. The first-order chi connectivity index (χ1) is 24.7. The van der Waals surface area contributed by atoms with Crippen LogP contribution in [-0.4, -0.2) is 34.0 Å². The van der Waals surface area contributed by atoms with Gasteiger partial charge in [-0.05, 0) is 48.0 Å². The molecule has 5 aromatic carbocycles. The molecule has 5 heterocycles. The molecular weight excluding hydrogens is 621 g/mol. The van der Waals surface area contributed by atoms with Gasteiger partial charge < -0.3 is 9.52 Å². The minimum atomic E-state index is 0.157. The summed E-state index contributed by atoms with van der Waals surface area (Å²) in [6.07, 6.45) is 5.38. The van der Waals surface area contributed by atoms with Crippen LogP contribution in [0.2, 0.25) is 0 Å². The Kier molecular flexibility index (Phi) is 6.16. The number of imidazole rings is 2. The van der Waals surface area contributed by atoms with Crippen LogP contribution in [0.3, 0.4) is 0 Å². The number of aromatic hydroxyl groups is 1. The van der Waals surface area contributed by atoms with Crippen molar-refractivity contribution in [1.82, 2.24) is 28.9 Å². The highest BCUT2D eigenvalue weighted by atomic mass is 16.3. The van der Waals surface area contributed by atoms with Gasteiger partial charge in [-0.25, -0.2) is 19.9 Å². The largest absolute Gasteiger partial charge is 0.507 e. The molecule has 0 spiro atoms. The van der Waals surface area contributed by atoms with Crippen molar-refractivity contribution in [1.29, 1.82) is 0 Å². The number of phenols is 1. The monoisotopic (exact) mass is 646 g/mol. The predicted molar refractivity (Wildman–Crippen MR) is 196 cm³/mol. The highest BCUT2D eigenvalue weighted by Crippen LogP contribution is 2.40. The number of aromatic nitrogens is 6. The molecule has 236 valence electrons. The summed E-state index contributed by atoms with van der Waals surface area (Å²) in [5, 5.41) is 13.0. The van der Waals surface area contributed by atoms with Gasteiger partial charge in [0.25, 0.3) is 0 Å². The van der Waals surface area contributed by atoms with Crippen molar-refractivity contribution in [2.75, 3.05) is 0 Å². The van der Waals surface area contributed by atoms with Gasteiger partial charge >= 0.3 is 0 Å². The molecule has 8 nitrogen and oxygen atoms in total. The van der Waals surface area contributed by atoms with E-state index in [9.17, 15) is 5.11 Å². The van der Waals surface area contributed by atoms with Crippen molar-refractivity contribution >= 4 is 38.9 Å². The molecular formula is C42H26N6O2. The van der Waals surface area contributed by atoms with E-state index in [0.717, 1.165) is 66.7 Å². The average molecular weight is 647 g/mol. The maximum Gasteiger partial charge on any atom is 0.236 e. The van der Waals surface area contributed by atoms with E-state index in [1.807, 2.05) is 114 Å². The van der Waals surface area contributed by atoms with Crippen LogP contribution in [0.5, 0.6) is 5.75 Å². The summed E-state index contributed by atoms with van der Waals surface area (Å²) < 4.78 is 10.5. The van der Waals surface area contributed by atoms with Crippen LogP contribution in [0.25, 0.3) is 89.6 Å². The molecule has 0 aliphatic carbocycles. The third-order valence-corrected chi connectivity index (χ3v) is 9.24. The van der Waals surface area contributed by atoms with E-state index in [1.165, 1.54) is 0 Å². The fourth-order valence-corrected chi connectivity index (χ4v) is 6.96. The fourth-order valence-electron chi connectivity index (χ4n) is 6.96. The van der Waals surface area contributed by atoms with E-state index in [0.29, 0.717) is 22.9 Å². The number of para-hydroxylation sites is 4. The second kappa shape index (κ2) is 11.0. The Labute approximate surface area is 285 Å². The Morgan fingerprint density at radius 3 is 2.18 bits per heavy atom. The molecule has 0 atom stereocenters. The number of furan rings is 1. The normalized spacial score (nSPS) is 11.7. The van der Waals surface area contributed by atoms with E-state index in [-0.39, 0.29) is 5.75 Å². The van der Waals surface area contributed by atoms with Crippen molar-refractivity contribution in [2.24, 2.45) is 0 Å². The highest BCUT2D eigenvalue weighted by molar-refractivity contribution is 6.08. The summed E-state index contributed by atoms with van der Waals surface area (Å²) in [5.74, 6) is 1.38. The van der Waals surface area contributed by atoms with Crippen LogP contribution in [0, 0.1) is 0 Å². The number of hydrogen-bond acceptors (Lipinski definition) is 6. The Balaban J connectivity index is 1.19. The van der Waals surface area contributed by atoms with Crippen molar-refractivity contribution in [3.63, 3.8) is 0 Å². The number of nitrogens with zero attached hydrogens (tertiary/aromatic N) is 6. The van der Waals surface area contributed by atoms with Gasteiger partial charge in [0.2, 0.25) is 11.5 Å². The number of benzene rings is 5. The standard InChI is InChI=1S/C42H26N6O2/c49-37-22-7-5-14-31(37)40-46-38-29(16-9-21-36(38)48(40)35-20-6-4-13-27(35)26-11-2-1-3-12-26)33-18-10-19-34(45-33)30-17-8-15-28-32-25-44-42-43-23-24-47(42)41(32)50-39(28)30/h1-25,49H. The van der Waals surface area contributed by atoms with E-state index in [1.54, 1.807) is 12.3 Å². The minimum Gasteiger partial charge on any atom is -0.507 e. The van der Waals surface area contributed by atoms with E-state index < -0.39 is 0 Å². The van der Waals surface area contributed by atoms with Gasteiger partial charge in [0.05, 0.1) is 39.1 Å². The number of hydrogen-bond donors (Lipinski definition) is 1. The molecule has 0 fully saturated rings. The molecule has 5 aromatic heterocycles. The summed E-state index contributed by atoms with van der Waals surface area (Å²) in [7, 11) is 0. The fraction of sp³-hybridized carbons (Fsp3) is 0. The Morgan fingerprint density at radius 1 is 0.580 bits per heavy atom. The Hall–Kier alpha value is -7.06. The lowest BCUT2D eigenvalue weighted by molar-refractivity contribution is 0.477. The second-order valence-corrected chi connectivity index (χ2v) is 12.1. The van der Waals surface area contributed by atoms with Gasteiger partial charge in [0.15, 0.2) is 0 Å². The van der Waals surface area contributed by atoms with Gasteiger partial charge in [-0.15, -0.1) is 0 Å². The zero-order chi connectivity index (χ0) is 33.2. The minimum absolute atomic E-state index is 0.157. The number of pyridine rings is 1. The van der Waals surface area contributed by atoms with Gasteiger partial charge in [0.1, 0.15) is 17.2 Å². The zero-order valence-corrected chi connectivity index (χ0v) is 26.5. The number of phenolic OH excluding ortho intramolecular Hbond substituents is 1. The summed E-state index contributed by atoms with van der Waals surface area (Å²) in [6, 6.07) is 44.2. The molecule has 1 N–H and O–H groups in total. The molecule has 50 heavy (non-hydrogen) atoms. The van der Waals surface area contributed by atoms with Crippen LogP contribution < -0.4 is 0 Å². The Morgan fingerprint density at radius 2 is 1.30 bits per heavy atom. The summed E-state index contributed by atoms with van der Waals surface area (Å²) in [5.41, 5.74) is 10.1. The number of rotatable bonds is 5. The molecule has 10 aromatic rings. The molecule has 0 unspecified atom stereocenters. The topological polar surface area (TPSA) is 94.3 Å². The second-order valence-electron chi connectivity index (χ2n) is 12.1. The van der Waals surface area contributed by atoms with Crippen LogP contribution in [0.4, 0.5) is 0 Å². The molecule has 0 radical (unpaired) electrons. The van der Waals surface area contributed by atoms with Gasteiger partial charge in [-0.1, -0.05) is 91.0 Å².